The van der Waals surface area contributed by atoms with Gasteiger partial charge in [0.1, 0.15) is 0 Å². The average molecular weight is 151 g/mol. The van der Waals surface area contributed by atoms with E-state index in [-0.39, 0.29) is 0 Å². The van der Waals surface area contributed by atoms with Crippen molar-refractivity contribution in [2.24, 2.45) is 0 Å². The molecule has 1 nitrogen and oxygen atoms in total. The molecule has 0 aliphatic heterocycles. The van der Waals surface area contributed by atoms with Crippen molar-refractivity contribution >= 4 is 0 Å². The molecule has 0 rings (SSSR count). The van der Waals surface area contributed by atoms with Crippen molar-refractivity contribution in [3.63, 3.8) is 0 Å². The Morgan fingerprint density at radius 1 is 1.36 bits per heavy atom. The van der Waals surface area contributed by atoms with Crippen molar-refractivity contribution in [1.29, 1.82) is 0 Å². The molecule has 62 valence electrons. The van der Waals surface area contributed by atoms with Gasteiger partial charge in [0.05, 0.1) is 0 Å². The topological polar surface area (TPSA) is 12.0 Å². The lowest BCUT2D eigenvalue weighted by atomic mass is 10.2. The van der Waals surface area contributed by atoms with Crippen LogP contribution in [0.15, 0.2) is 12.3 Å². The maximum Gasteiger partial charge on any atom is 0.0143 e. The van der Waals surface area contributed by atoms with E-state index >= 15 is 0 Å². The van der Waals surface area contributed by atoms with Gasteiger partial charge in [-0.25, -0.2) is 0 Å². The smallest absolute Gasteiger partial charge is 0.0143 e. The number of hydrogen-bond donors (Lipinski definition) is 1. The summed E-state index contributed by atoms with van der Waals surface area (Å²) in [4.78, 5) is 0. The molecule has 0 amide bonds. The highest BCUT2D eigenvalue weighted by atomic mass is 14.8. The normalized spacial score (nSPS) is 8.18. The second-order valence-corrected chi connectivity index (χ2v) is 2.46. The Morgan fingerprint density at radius 3 is 2.55 bits per heavy atom. The summed E-state index contributed by atoms with van der Waals surface area (Å²) in [6.07, 6.45) is 4.07. The number of unbranched alkanes of at least 4 members (excludes halogenated alkanes) is 1. The van der Waals surface area contributed by atoms with Gasteiger partial charge in [-0.1, -0.05) is 13.5 Å². The van der Waals surface area contributed by atoms with Crippen LogP contribution in [0.5, 0.6) is 0 Å². The molecule has 1 N–H and O–H groups in total. The highest BCUT2D eigenvalue weighted by molar-refractivity contribution is 5.02. The summed E-state index contributed by atoms with van der Waals surface area (Å²) in [5, 5.41) is 2.99. The van der Waals surface area contributed by atoms with Gasteiger partial charge in [-0.15, -0.1) is 11.8 Å². The Bertz CT molecular complexity index is 159. The van der Waals surface area contributed by atoms with Gasteiger partial charge in [0.2, 0.25) is 0 Å². The fraction of sp³-hybridized carbons (Fsp3) is 0.600. The number of allylic oxidation sites excluding steroid dienone is 1. The minimum absolute atomic E-state index is 0.930. The maximum atomic E-state index is 3.81. The van der Waals surface area contributed by atoms with Gasteiger partial charge in [-0.2, -0.15) is 0 Å². The molecule has 0 aliphatic carbocycles. The molecule has 11 heavy (non-hydrogen) atoms. The number of nitrogens with one attached hydrogen (secondary N) is 1. The first kappa shape index (κ1) is 10.1. The SMILES string of the molecule is C=C(CCC#CCCC)NC. The zero-order chi connectivity index (χ0) is 8.53. The van der Waals surface area contributed by atoms with Crippen LogP contribution in [0.1, 0.15) is 32.6 Å². The second kappa shape index (κ2) is 7.21. The van der Waals surface area contributed by atoms with Crippen molar-refractivity contribution in [1.82, 2.24) is 5.32 Å². The highest BCUT2D eigenvalue weighted by Crippen LogP contribution is 1.95. The Labute approximate surface area is 69.9 Å². The van der Waals surface area contributed by atoms with E-state index in [2.05, 4.69) is 30.7 Å². The molecule has 0 aromatic rings. The monoisotopic (exact) mass is 151 g/mol. The zero-order valence-corrected chi connectivity index (χ0v) is 7.54. The molecule has 0 atom stereocenters. The molecule has 0 heterocycles. The minimum atomic E-state index is 0.930. The summed E-state index contributed by atoms with van der Waals surface area (Å²) in [6.45, 7) is 5.95. The van der Waals surface area contributed by atoms with E-state index in [1.165, 1.54) is 0 Å². The highest BCUT2D eigenvalue weighted by Gasteiger charge is 1.85. The standard InChI is InChI=1S/C10H17N/c1-4-5-6-7-8-9-10(2)11-3/h11H,2,4-5,8-9H2,1,3H3. The van der Waals surface area contributed by atoms with Crippen LogP contribution in [-0.4, -0.2) is 7.05 Å². The van der Waals surface area contributed by atoms with Gasteiger partial charge in [-0.3, -0.25) is 0 Å². The van der Waals surface area contributed by atoms with Gasteiger partial charge >= 0.3 is 0 Å². The Kier molecular flexibility index (Phi) is 6.62. The van der Waals surface area contributed by atoms with Crippen LogP contribution in [0.2, 0.25) is 0 Å². The predicted octanol–water partition coefficient (Wildman–Crippen LogP) is 2.30. The van der Waals surface area contributed by atoms with Gasteiger partial charge in [0.15, 0.2) is 0 Å². The third kappa shape index (κ3) is 6.99. The van der Waals surface area contributed by atoms with Gasteiger partial charge in [0.25, 0.3) is 0 Å². The average Bonchev–Trinajstić information content (AvgIpc) is 2.04. The van der Waals surface area contributed by atoms with Gasteiger partial charge in [0, 0.05) is 25.6 Å². The lowest BCUT2D eigenvalue weighted by Crippen LogP contribution is -2.02. The summed E-state index contributed by atoms with van der Waals surface area (Å²) >= 11 is 0. The number of hydrogen-bond acceptors (Lipinski definition) is 1. The second-order valence-electron chi connectivity index (χ2n) is 2.46. The molecule has 0 unspecified atom stereocenters. The van der Waals surface area contributed by atoms with E-state index in [0.717, 1.165) is 31.4 Å². The van der Waals surface area contributed by atoms with Crippen molar-refractivity contribution < 1.29 is 0 Å². The molecule has 0 radical (unpaired) electrons. The van der Waals surface area contributed by atoms with Crippen LogP contribution < -0.4 is 5.32 Å². The third-order valence-corrected chi connectivity index (χ3v) is 1.41. The van der Waals surface area contributed by atoms with Crippen LogP contribution >= 0.6 is 0 Å². The van der Waals surface area contributed by atoms with Crippen molar-refractivity contribution in [3.05, 3.63) is 12.3 Å². The van der Waals surface area contributed by atoms with E-state index in [0.29, 0.717) is 0 Å². The van der Waals surface area contributed by atoms with Crippen molar-refractivity contribution in [2.75, 3.05) is 7.05 Å². The summed E-state index contributed by atoms with van der Waals surface area (Å²) in [5.74, 6) is 6.20. The Hall–Kier alpha value is -0.900. The molecular formula is C10H17N. The van der Waals surface area contributed by atoms with E-state index in [4.69, 9.17) is 0 Å². The minimum Gasteiger partial charge on any atom is -0.392 e. The van der Waals surface area contributed by atoms with E-state index < -0.39 is 0 Å². The molecule has 0 aromatic heterocycles. The van der Waals surface area contributed by atoms with E-state index in [9.17, 15) is 0 Å². The first-order chi connectivity index (χ1) is 5.31. The van der Waals surface area contributed by atoms with Gasteiger partial charge < -0.3 is 5.32 Å². The first-order valence-electron chi connectivity index (χ1n) is 4.12. The molecular weight excluding hydrogens is 134 g/mol. The Balaban J connectivity index is 3.28. The van der Waals surface area contributed by atoms with E-state index in [1.807, 2.05) is 7.05 Å². The molecule has 0 saturated carbocycles. The van der Waals surface area contributed by atoms with Crippen molar-refractivity contribution in [2.45, 2.75) is 32.6 Å². The fourth-order valence-corrected chi connectivity index (χ4v) is 0.640. The quantitative estimate of drug-likeness (QED) is 0.608. The fourth-order valence-electron chi connectivity index (χ4n) is 0.640. The lowest BCUT2D eigenvalue weighted by Gasteiger charge is -1.98. The predicted molar refractivity (Wildman–Crippen MR) is 50.1 cm³/mol. The van der Waals surface area contributed by atoms with Gasteiger partial charge in [-0.05, 0) is 12.8 Å². The Morgan fingerprint density at radius 2 is 2.00 bits per heavy atom. The van der Waals surface area contributed by atoms with Crippen LogP contribution in [-0.2, 0) is 0 Å². The molecule has 0 spiro atoms. The largest absolute Gasteiger partial charge is 0.392 e. The summed E-state index contributed by atoms with van der Waals surface area (Å²) in [7, 11) is 1.89. The third-order valence-electron chi connectivity index (χ3n) is 1.41. The number of rotatable bonds is 4. The van der Waals surface area contributed by atoms with Crippen LogP contribution in [0.3, 0.4) is 0 Å². The summed E-state index contributed by atoms with van der Waals surface area (Å²) in [6, 6.07) is 0. The molecule has 0 saturated heterocycles. The van der Waals surface area contributed by atoms with E-state index in [1.54, 1.807) is 0 Å². The summed E-state index contributed by atoms with van der Waals surface area (Å²) < 4.78 is 0. The van der Waals surface area contributed by atoms with Crippen molar-refractivity contribution in [3.8, 4) is 11.8 Å². The molecule has 0 aliphatic rings. The molecule has 1 heteroatoms. The lowest BCUT2D eigenvalue weighted by molar-refractivity contribution is 0.867. The molecule has 0 bridgehead atoms. The summed E-state index contributed by atoms with van der Waals surface area (Å²) in [5.41, 5.74) is 1.07. The van der Waals surface area contributed by atoms with Crippen LogP contribution in [0.25, 0.3) is 0 Å². The molecule has 0 fully saturated rings. The molecule has 0 aromatic carbocycles. The zero-order valence-electron chi connectivity index (χ0n) is 7.54. The van der Waals surface area contributed by atoms with Crippen LogP contribution in [0, 0.1) is 11.8 Å². The first-order valence-corrected chi connectivity index (χ1v) is 4.12. The van der Waals surface area contributed by atoms with Crippen LogP contribution in [0.4, 0.5) is 0 Å². The maximum absolute atomic E-state index is 3.81.